The fourth-order valence-electron chi connectivity index (χ4n) is 4.13. The molecule has 10 heteroatoms. The topological polar surface area (TPSA) is 118 Å². The lowest BCUT2D eigenvalue weighted by Crippen LogP contribution is -2.32. The highest BCUT2D eigenvalue weighted by Gasteiger charge is 2.53. The van der Waals surface area contributed by atoms with Crippen LogP contribution in [-0.2, 0) is 20.9 Å². The van der Waals surface area contributed by atoms with E-state index < -0.39 is 28.9 Å². The van der Waals surface area contributed by atoms with Crippen LogP contribution in [0, 0.1) is 5.92 Å². The first-order valence-corrected chi connectivity index (χ1v) is 11.5. The minimum absolute atomic E-state index is 0.0181. The van der Waals surface area contributed by atoms with E-state index in [-0.39, 0.29) is 23.1 Å². The number of phenols is 1. The Labute approximate surface area is 190 Å². The van der Waals surface area contributed by atoms with Gasteiger partial charge in [0.1, 0.15) is 17.5 Å². The van der Waals surface area contributed by atoms with Crippen LogP contribution in [0.2, 0.25) is 0 Å². The van der Waals surface area contributed by atoms with Crippen molar-refractivity contribution in [1.82, 2.24) is 9.88 Å². The van der Waals surface area contributed by atoms with Crippen LogP contribution in [-0.4, -0.2) is 32.6 Å². The van der Waals surface area contributed by atoms with Crippen LogP contribution in [0.3, 0.4) is 0 Å². The van der Waals surface area contributed by atoms with Crippen molar-refractivity contribution in [2.45, 2.75) is 22.7 Å². The summed E-state index contributed by atoms with van der Waals surface area (Å²) in [5, 5.41) is 15.3. The number of amides is 3. The predicted octanol–water partition coefficient (Wildman–Crippen LogP) is 2.13. The van der Waals surface area contributed by atoms with E-state index in [1.54, 1.807) is 42.5 Å². The number of benzene rings is 2. The fourth-order valence-corrected chi connectivity index (χ4v) is 6.86. The van der Waals surface area contributed by atoms with Crippen LogP contribution in [0.4, 0.5) is 5.69 Å². The lowest BCUT2D eigenvalue weighted by molar-refractivity contribution is -0.126. The van der Waals surface area contributed by atoms with E-state index in [1.807, 2.05) is 6.07 Å². The molecule has 3 amide bonds. The number of rotatable bonds is 4. The Bertz CT molecular complexity index is 1300. The highest BCUT2D eigenvalue weighted by atomic mass is 32.2. The summed E-state index contributed by atoms with van der Waals surface area (Å²) >= 11 is 2.05. The molecule has 5 rings (SSSR count). The molecular weight excluding hydrogens is 450 g/mol. The number of hydrogen-bond acceptors (Lipinski definition) is 7. The summed E-state index contributed by atoms with van der Waals surface area (Å²) in [5.41, 5.74) is 1.08. The number of thiazole rings is 1. The van der Waals surface area contributed by atoms with Crippen LogP contribution in [0.1, 0.15) is 16.4 Å². The number of carbonyl (C=O) groups excluding carboxylic acids is 3. The number of aromatic nitrogens is 1. The standard InChI is InChI=1S/C22H17N3O5S2/c26-13-9-5-4-8-12(13)15-16-17(20(29)24-19(16)28)31-21-18(15)32-22(30)25(21)10-14(27)23-11-6-2-1-3-7-11/h1-9,15-17,26H,10H2,(H,23,27)(H,24,28,29)/t15-,16+,17-/m0/s1. The van der Waals surface area contributed by atoms with Gasteiger partial charge in [0.2, 0.25) is 17.7 Å². The smallest absolute Gasteiger partial charge is 0.308 e. The summed E-state index contributed by atoms with van der Waals surface area (Å²) in [6, 6.07) is 15.5. The fraction of sp³-hybridized carbons (Fsp3) is 0.182. The maximum Gasteiger partial charge on any atom is 0.308 e. The van der Waals surface area contributed by atoms with Crippen molar-refractivity contribution in [1.29, 1.82) is 0 Å². The molecule has 32 heavy (non-hydrogen) atoms. The van der Waals surface area contributed by atoms with Crippen LogP contribution in [0.25, 0.3) is 0 Å². The summed E-state index contributed by atoms with van der Waals surface area (Å²) in [7, 11) is 0. The van der Waals surface area contributed by atoms with Crippen LogP contribution >= 0.6 is 23.1 Å². The number of phenolic OH excluding ortho intramolecular Hbond substituents is 1. The van der Waals surface area contributed by atoms with Gasteiger partial charge in [-0.2, -0.15) is 0 Å². The lowest BCUT2D eigenvalue weighted by atomic mass is 9.82. The molecule has 0 radical (unpaired) electrons. The van der Waals surface area contributed by atoms with Crippen molar-refractivity contribution in [2.24, 2.45) is 5.92 Å². The number of para-hydroxylation sites is 2. The lowest BCUT2D eigenvalue weighted by Gasteiger charge is -2.31. The van der Waals surface area contributed by atoms with E-state index >= 15 is 0 Å². The SMILES string of the molecule is O=C(Cn1c2c(sc1=O)[C@@H](c1ccccc1O)[C@H]1C(=O)NC(=O)[C@H]1S2)Nc1ccccc1. The Hall–Kier alpha value is -3.37. The molecule has 162 valence electrons. The molecule has 3 atom stereocenters. The number of imide groups is 1. The van der Waals surface area contributed by atoms with Gasteiger partial charge in [-0.25, -0.2) is 0 Å². The summed E-state index contributed by atoms with van der Waals surface area (Å²) in [6.07, 6.45) is 0. The van der Waals surface area contributed by atoms with Crippen molar-refractivity contribution >= 4 is 46.5 Å². The number of anilines is 1. The van der Waals surface area contributed by atoms with E-state index in [4.69, 9.17) is 0 Å². The van der Waals surface area contributed by atoms with Gasteiger partial charge >= 0.3 is 4.87 Å². The van der Waals surface area contributed by atoms with Crippen molar-refractivity contribution < 1.29 is 19.5 Å². The Morgan fingerprint density at radius 2 is 1.75 bits per heavy atom. The van der Waals surface area contributed by atoms with Gasteiger partial charge in [0.05, 0.1) is 10.9 Å². The molecule has 1 aromatic heterocycles. The van der Waals surface area contributed by atoms with Gasteiger partial charge in [-0.05, 0) is 18.2 Å². The molecule has 0 aliphatic carbocycles. The van der Waals surface area contributed by atoms with Gasteiger partial charge in [-0.1, -0.05) is 59.5 Å². The molecule has 0 spiro atoms. The van der Waals surface area contributed by atoms with Gasteiger partial charge in [0, 0.05) is 22.0 Å². The van der Waals surface area contributed by atoms with E-state index in [0.717, 1.165) is 23.1 Å². The average Bonchev–Trinajstić information content (AvgIpc) is 3.23. The molecular formula is C22H17N3O5S2. The van der Waals surface area contributed by atoms with E-state index in [2.05, 4.69) is 10.6 Å². The van der Waals surface area contributed by atoms with Gasteiger partial charge in [-0.15, -0.1) is 0 Å². The molecule has 2 aromatic carbocycles. The van der Waals surface area contributed by atoms with Crippen molar-refractivity contribution in [3.05, 3.63) is 74.7 Å². The first-order chi connectivity index (χ1) is 15.4. The molecule has 3 aromatic rings. The Kier molecular flexibility index (Phi) is 5.10. The number of thioether (sulfide) groups is 1. The molecule has 2 aliphatic heterocycles. The third-order valence-corrected chi connectivity index (χ3v) is 8.13. The Morgan fingerprint density at radius 3 is 2.50 bits per heavy atom. The normalized spacial score (nSPS) is 21.6. The van der Waals surface area contributed by atoms with Crippen LogP contribution in [0.5, 0.6) is 5.75 Å². The molecule has 3 heterocycles. The molecule has 1 saturated heterocycles. The molecule has 2 aliphatic rings. The second kappa shape index (κ2) is 7.95. The van der Waals surface area contributed by atoms with E-state index in [1.165, 1.54) is 10.6 Å². The number of nitrogens with one attached hydrogen (secondary N) is 2. The second-order valence-electron chi connectivity index (χ2n) is 7.49. The number of carbonyl (C=O) groups is 3. The molecule has 0 bridgehead atoms. The first-order valence-electron chi connectivity index (χ1n) is 9.81. The Morgan fingerprint density at radius 1 is 1.03 bits per heavy atom. The van der Waals surface area contributed by atoms with Gasteiger partial charge < -0.3 is 10.4 Å². The third kappa shape index (κ3) is 3.41. The summed E-state index contributed by atoms with van der Waals surface area (Å²) in [6.45, 7) is -0.229. The minimum atomic E-state index is -0.753. The molecule has 0 saturated carbocycles. The quantitative estimate of drug-likeness (QED) is 0.506. The maximum atomic E-state index is 12.9. The number of hydrogen-bond donors (Lipinski definition) is 3. The minimum Gasteiger partial charge on any atom is -0.508 e. The predicted molar refractivity (Wildman–Crippen MR) is 120 cm³/mol. The largest absolute Gasteiger partial charge is 0.508 e. The molecule has 8 nitrogen and oxygen atoms in total. The van der Waals surface area contributed by atoms with Crippen molar-refractivity contribution in [3.8, 4) is 5.75 Å². The van der Waals surface area contributed by atoms with Gasteiger partial charge in [0.15, 0.2) is 0 Å². The van der Waals surface area contributed by atoms with Gasteiger partial charge in [0.25, 0.3) is 0 Å². The number of fused-ring (bicyclic) bond motifs is 2. The third-order valence-electron chi connectivity index (χ3n) is 5.52. The Balaban J connectivity index is 1.57. The van der Waals surface area contributed by atoms with Crippen LogP contribution in [0.15, 0.2) is 64.4 Å². The summed E-state index contributed by atoms with van der Waals surface area (Å²) in [5.74, 6) is -2.68. The van der Waals surface area contributed by atoms with Gasteiger partial charge in [-0.3, -0.25) is 29.1 Å². The summed E-state index contributed by atoms with van der Waals surface area (Å²) in [4.78, 5) is 50.8. The van der Waals surface area contributed by atoms with Crippen LogP contribution < -0.4 is 15.5 Å². The van der Waals surface area contributed by atoms with E-state index in [9.17, 15) is 24.3 Å². The zero-order valence-corrected chi connectivity index (χ0v) is 18.1. The molecule has 0 unspecified atom stereocenters. The zero-order chi connectivity index (χ0) is 22.4. The first kappa shape index (κ1) is 20.5. The monoisotopic (exact) mass is 467 g/mol. The molecule has 3 N–H and O–H groups in total. The highest BCUT2D eigenvalue weighted by Crippen LogP contribution is 2.52. The van der Waals surface area contributed by atoms with Crippen molar-refractivity contribution in [2.75, 3.05) is 5.32 Å². The summed E-state index contributed by atoms with van der Waals surface area (Å²) < 4.78 is 1.34. The average molecular weight is 468 g/mol. The molecule has 1 fully saturated rings. The second-order valence-corrected chi connectivity index (χ2v) is 9.62. The zero-order valence-electron chi connectivity index (χ0n) is 16.5. The number of aromatic hydroxyl groups is 1. The number of nitrogens with zero attached hydrogens (tertiary/aromatic N) is 1. The maximum absolute atomic E-state index is 12.9. The van der Waals surface area contributed by atoms with E-state index in [0.29, 0.717) is 21.2 Å². The highest BCUT2D eigenvalue weighted by molar-refractivity contribution is 8.00. The van der Waals surface area contributed by atoms with Crippen molar-refractivity contribution in [3.63, 3.8) is 0 Å².